The van der Waals surface area contributed by atoms with E-state index in [0.717, 1.165) is 25.5 Å². The molecule has 0 radical (unpaired) electrons. The van der Waals surface area contributed by atoms with Crippen molar-refractivity contribution in [2.75, 3.05) is 13.2 Å². The molecule has 0 aliphatic carbocycles. The van der Waals surface area contributed by atoms with Crippen LogP contribution >= 0.6 is 0 Å². The third-order valence-electron chi connectivity index (χ3n) is 2.92. The van der Waals surface area contributed by atoms with Crippen molar-refractivity contribution in [1.29, 1.82) is 0 Å². The fourth-order valence-electron chi connectivity index (χ4n) is 2.09. The number of rotatable bonds is 3. The summed E-state index contributed by atoms with van der Waals surface area (Å²) in [5, 5.41) is 0. The van der Waals surface area contributed by atoms with Crippen molar-refractivity contribution in [3.8, 4) is 0 Å². The summed E-state index contributed by atoms with van der Waals surface area (Å²) >= 11 is 0. The average Bonchev–Trinajstić information content (AvgIpc) is 2.67. The second kappa shape index (κ2) is 4.77. The number of hydrogen-bond donors (Lipinski definition) is 1. The third-order valence-corrected chi connectivity index (χ3v) is 2.92. The van der Waals surface area contributed by atoms with Crippen LogP contribution in [0, 0.1) is 5.92 Å². The largest absolute Gasteiger partial charge is 0.381 e. The SMILES string of the molecule is CC(N)c1cncn1CC1CCCOC1. The molecule has 1 aliphatic rings. The molecular weight excluding hydrogens is 190 g/mol. The van der Waals surface area contributed by atoms with E-state index < -0.39 is 0 Å². The lowest BCUT2D eigenvalue weighted by Crippen LogP contribution is -2.23. The minimum Gasteiger partial charge on any atom is -0.381 e. The standard InChI is InChI=1S/C11H19N3O/c1-9(12)11-5-13-8-14(11)6-10-3-2-4-15-7-10/h5,8-10H,2-4,6-7,12H2,1H3. The molecule has 15 heavy (non-hydrogen) atoms. The number of ether oxygens (including phenoxy) is 1. The van der Waals surface area contributed by atoms with E-state index in [1.54, 1.807) is 0 Å². The van der Waals surface area contributed by atoms with Crippen LogP contribution in [0.4, 0.5) is 0 Å². The summed E-state index contributed by atoms with van der Waals surface area (Å²) in [4.78, 5) is 4.15. The van der Waals surface area contributed by atoms with E-state index in [1.165, 1.54) is 12.8 Å². The number of hydrogen-bond acceptors (Lipinski definition) is 3. The summed E-state index contributed by atoms with van der Waals surface area (Å²) in [6.45, 7) is 4.76. The molecule has 2 N–H and O–H groups in total. The Hall–Kier alpha value is -0.870. The van der Waals surface area contributed by atoms with E-state index in [4.69, 9.17) is 10.5 Å². The zero-order chi connectivity index (χ0) is 10.7. The molecule has 1 aliphatic heterocycles. The number of nitrogens with two attached hydrogens (primary N) is 1. The van der Waals surface area contributed by atoms with E-state index in [2.05, 4.69) is 9.55 Å². The van der Waals surface area contributed by atoms with E-state index >= 15 is 0 Å². The van der Waals surface area contributed by atoms with E-state index in [-0.39, 0.29) is 6.04 Å². The molecule has 1 aromatic rings. The second-order valence-corrected chi connectivity index (χ2v) is 4.34. The molecule has 84 valence electrons. The Labute approximate surface area is 90.4 Å². The van der Waals surface area contributed by atoms with Crippen molar-refractivity contribution in [1.82, 2.24) is 9.55 Å². The normalized spacial score (nSPS) is 24.0. The van der Waals surface area contributed by atoms with Crippen LogP contribution in [0.1, 0.15) is 31.5 Å². The highest BCUT2D eigenvalue weighted by Gasteiger charge is 2.16. The molecule has 0 amide bonds. The van der Waals surface area contributed by atoms with Gasteiger partial charge in [-0.25, -0.2) is 4.98 Å². The van der Waals surface area contributed by atoms with E-state index in [9.17, 15) is 0 Å². The number of nitrogens with zero attached hydrogens (tertiary/aromatic N) is 2. The minimum absolute atomic E-state index is 0.0528. The maximum atomic E-state index is 5.87. The number of aromatic nitrogens is 2. The summed E-state index contributed by atoms with van der Waals surface area (Å²) in [6.07, 6.45) is 6.14. The maximum Gasteiger partial charge on any atom is 0.0948 e. The Morgan fingerprint density at radius 2 is 2.60 bits per heavy atom. The smallest absolute Gasteiger partial charge is 0.0948 e. The summed E-state index contributed by atoms with van der Waals surface area (Å²) in [5.41, 5.74) is 6.98. The predicted octanol–water partition coefficient (Wildman–Crippen LogP) is 1.33. The molecule has 1 fully saturated rings. The average molecular weight is 209 g/mol. The summed E-state index contributed by atoms with van der Waals surface area (Å²) in [5.74, 6) is 0.616. The first-order chi connectivity index (χ1) is 7.27. The Balaban J connectivity index is 1.99. The van der Waals surface area contributed by atoms with Gasteiger partial charge in [0, 0.05) is 31.3 Å². The molecule has 0 aromatic carbocycles. The first kappa shape index (κ1) is 10.6. The Morgan fingerprint density at radius 1 is 1.73 bits per heavy atom. The molecule has 2 heterocycles. The molecule has 1 aromatic heterocycles. The highest BCUT2D eigenvalue weighted by atomic mass is 16.5. The molecule has 4 nitrogen and oxygen atoms in total. The summed E-state index contributed by atoms with van der Waals surface area (Å²) < 4.78 is 7.62. The summed E-state index contributed by atoms with van der Waals surface area (Å²) in [7, 11) is 0. The van der Waals surface area contributed by atoms with Gasteiger partial charge in [-0.1, -0.05) is 0 Å². The van der Waals surface area contributed by atoms with Gasteiger partial charge in [0.1, 0.15) is 0 Å². The Bertz CT molecular complexity index is 303. The van der Waals surface area contributed by atoms with Crippen molar-refractivity contribution >= 4 is 0 Å². The maximum absolute atomic E-state index is 5.87. The molecule has 0 spiro atoms. The van der Waals surface area contributed by atoms with Crippen LogP contribution < -0.4 is 5.73 Å². The fraction of sp³-hybridized carbons (Fsp3) is 0.727. The van der Waals surface area contributed by atoms with Crippen molar-refractivity contribution < 1.29 is 4.74 Å². The van der Waals surface area contributed by atoms with Gasteiger partial charge in [0.15, 0.2) is 0 Å². The Kier molecular flexibility index (Phi) is 3.38. The molecule has 2 unspecified atom stereocenters. The summed E-state index contributed by atoms with van der Waals surface area (Å²) in [6, 6.07) is 0.0528. The minimum atomic E-state index is 0.0528. The van der Waals surface area contributed by atoms with Crippen molar-refractivity contribution in [3.05, 3.63) is 18.2 Å². The van der Waals surface area contributed by atoms with Gasteiger partial charge in [-0.2, -0.15) is 0 Å². The molecular formula is C11H19N3O. The van der Waals surface area contributed by atoms with Crippen LogP contribution in [0.5, 0.6) is 0 Å². The highest BCUT2D eigenvalue weighted by Crippen LogP contribution is 2.18. The van der Waals surface area contributed by atoms with Crippen LogP contribution in [0.2, 0.25) is 0 Å². The monoisotopic (exact) mass is 209 g/mol. The molecule has 1 saturated heterocycles. The van der Waals surface area contributed by atoms with E-state index in [0.29, 0.717) is 5.92 Å². The lowest BCUT2D eigenvalue weighted by atomic mass is 10.0. The van der Waals surface area contributed by atoms with Gasteiger partial charge in [0.2, 0.25) is 0 Å². The quantitative estimate of drug-likeness (QED) is 0.817. The van der Waals surface area contributed by atoms with Crippen LogP contribution in [0.15, 0.2) is 12.5 Å². The fourth-order valence-corrected chi connectivity index (χ4v) is 2.09. The van der Waals surface area contributed by atoms with Crippen molar-refractivity contribution in [2.45, 2.75) is 32.4 Å². The van der Waals surface area contributed by atoms with E-state index in [1.807, 2.05) is 19.4 Å². The third kappa shape index (κ3) is 2.58. The van der Waals surface area contributed by atoms with Crippen molar-refractivity contribution in [2.24, 2.45) is 11.7 Å². The molecule has 2 atom stereocenters. The van der Waals surface area contributed by atoms with Gasteiger partial charge in [-0.05, 0) is 19.8 Å². The zero-order valence-corrected chi connectivity index (χ0v) is 9.22. The molecule has 2 rings (SSSR count). The number of imidazole rings is 1. The van der Waals surface area contributed by atoms with Crippen LogP contribution in [0.25, 0.3) is 0 Å². The molecule has 0 bridgehead atoms. The van der Waals surface area contributed by atoms with Gasteiger partial charge < -0.3 is 15.0 Å². The first-order valence-corrected chi connectivity index (χ1v) is 5.60. The zero-order valence-electron chi connectivity index (χ0n) is 9.22. The Morgan fingerprint density at radius 3 is 3.27 bits per heavy atom. The predicted molar refractivity (Wildman–Crippen MR) is 58.4 cm³/mol. The highest BCUT2D eigenvalue weighted by molar-refractivity contribution is 5.03. The first-order valence-electron chi connectivity index (χ1n) is 5.60. The molecule has 4 heteroatoms. The van der Waals surface area contributed by atoms with Gasteiger partial charge in [0.05, 0.1) is 18.6 Å². The lowest BCUT2D eigenvalue weighted by molar-refractivity contribution is 0.0480. The van der Waals surface area contributed by atoms with Crippen LogP contribution in [0.3, 0.4) is 0 Å². The molecule has 0 saturated carbocycles. The lowest BCUT2D eigenvalue weighted by Gasteiger charge is -2.23. The van der Waals surface area contributed by atoms with Gasteiger partial charge in [-0.15, -0.1) is 0 Å². The van der Waals surface area contributed by atoms with Gasteiger partial charge >= 0.3 is 0 Å². The van der Waals surface area contributed by atoms with Crippen molar-refractivity contribution in [3.63, 3.8) is 0 Å². The topological polar surface area (TPSA) is 53.1 Å². The van der Waals surface area contributed by atoms with Gasteiger partial charge in [-0.3, -0.25) is 0 Å². The van der Waals surface area contributed by atoms with Crippen LogP contribution in [-0.2, 0) is 11.3 Å². The van der Waals surface area contributed by atoms with Crippen LogP contribution in [-0.4, -0.2) is 22.8 Å². The van der Waals surface area contributed by atoms with Gasteiger partial charge in [0.25, 0.3) is 0 Å². The second-order valence-electron chi connectivity index (χ2n) is 4.34.